The van der Waals surface area contributed by atoms with Crippen molar-refractivity contribution in [3.05, 3.63) is 0 Å². The zero-order valence-electron chi connectivity index (χ0n) is 7.65. The lowest BCUT2D eigenvalue weighted by atomic mass is 9.72. The topological polar surface area (TPSA) is 0 Å². The van der Waals surface area contributed by atoms with E-state index < -0.39 is 0 Å². The summed E-state index contributed by atoms with van der Waals surface area (Å²) in [6, 6.07) is 0. The number of fused-ring (bicyclic) bond motifs is 2. The molecule has 0 spiro atoms. The van der Waals surface area contributed by atoms with Gasteiger partial charge in [0.25, 0.3) is 0 Å². The summed E-state index contributed by atoms with van der Waals surface area (Å²) >= 11 is 6.44. The number of alkyl halides is 1. The molecule has 2 rings (SSSR count). The zero-order valence-corrected chi connectivity index (χ0v) is 8.41. The molecular weight excluding hydrogens is 156 g/mol. The molecule has 1 heteroatoms. The molecular formula is C10H17Cl. The molecule has 0 aromatic heterocycles. The molecule has 3 atom stereocenters. The molecule has 2 saturated carbocycles. The van der Waals surface area contributed by atoms with Crippen LogP contribution in [0.2, 0.25) is 0 Å². The molecule has 0 aromatic carbocycles. The lowest BCUT2D eigenvalue weighted by molar-refractivity contribution is 0.190. The average Bonchev–Trinajstić information content (AvgIpc) is 2.36. The predicted octanol–water partition coefficient (Wildman–Crippen LogP) is 3.44. The molecule has 2 bridgehead atoms. The van der Waals surface area contributed by atoms with Crippen LogP contribution in [0.25, 0.3) is 0 Å². The lowest BCUT2D eigenvalue weighted by Crippen LogP contribution is -2.35. The first-order valence-corrected chi connectivity index (χ1v) is 5.04. The molecule has 0 radical (unpaired) electrons. The van der Waals surface area contributed by atoms with E-state index >= 15 is 0 Å². The number of hydrogen-bond acceptors (Lipinski definition) is 0. The third-order valence-electron chi connectivity index (χ3n) is 4.09. The van der Waals surface area contributed by atoms with Crippen molar-refractivity contribution in [3.8, 4) is 0 Å². The minimum absolute atomic E-state index is 0.397. The maximum absolute atomic E-state index is 6.44. The van der Waals surface area contributed by atoms with E-state index in [0.717, 1.165) is 5.92 Å². The van der Waals surface area contributed by atoms with Gasteiger partial charge in [0.05, 0.1) is 0 Å². The zero-order chi connectivity index (χ0) is 8.28. The third kappa shape index (κ3) is 0.824. The van der Waals surface area contributed by atoms with Crippen molar-refractivity contribution >= 4 is 11.6 Å². The normalized spacial score (nSPS) is 53.5. The standard InChI is InChI=1S/C10H17Cl/c1-9(2)7-4-5-10(3,6-7)8(9)11/h7-8H,4-6H2,1-3H3/t7?,8-,10?/m1/s1. The number of halogens is 1. The van der Waals surface area contributed by atoms with Crippen LogP contribution < -0.4 is 0 Å². The molecule has 0 amide bonds. The summed E-state index contributed by atoms with van der Waals surface area (Å²) in [7, 11) is 0. The molecule has 2 fully saturated rings. The van der Waals surface area contributed by atoms with E-state index in [9.17, 15) is 0 Å². The van der Waals surface area contributed by atoms with Gasteiger partial charge in [-0.25, -0.2) is 0 Å². The fraction of sp³-hybridized carbons (Fsp3) is 1.00. The highest BCUT2D eigenvalue weighted by Gasteiger charge is 2.58. The minimum atomic E-state index is 0.397. The van der Waals surface area contributed by atoms with Crippen LogP contribution in [0.1, 0.15) is 40.0 Å². The summed E-state index contributed by atoms with van der Waals surface area (Å²) in [6.45, 7) is 7.03. The minimum Gasteiger partial charge on any atom is -0.122 e. The first-order valence-electron chi connectivity index (χ1n) is 4.61. The Balaban J connectivity index is 2.34. The summed E-state index contributed by atoms with van der Waals surface area (Å²) < 4.78 is 0. The van der Waals surface area contributed by atoms with Crippen LogP contribution in [0.3, 0.4) is 0 Å². The highest BCUT2D eigenvalue weighted by molar-refractivity contribution is 6.21. The molecule has 0 aliphatic heterocycles. The van der Waals surface area contributed by atoms with Gasteiger partial charge < -0.3 is 0 Å². The fourth-order valence-corrected chi connectivity index (χ4v) is 3.62. The van der Waals surface area contributed by atoms with E-state index in [1.54, 1.807) is 0 Å². The highest BCUT2D eigenvalue weighted by Crippen LogP contribution is 2.64. The fourth-order valence-electron chi connectivity index (χ4n) is 3.24. The molecule has 0 nitrogen and oxygen atoms in total. The number of hydrogen-bond donors (Lipinski definition) is 0. The van der Waals surface area contributed by atoms with E-state index in [4.69, 9.17) is 11.6 Å². The monoisotopic (exact) mass is 172 g/mol. The van der Waals surface area contributed by atoms with E-state index in [-0.39, 0.29) is 0 Å². The Morgan fingerprint density at radius 1 is 1.27 bits per heavy atom. The maximum Gasteiger partial charge on any atom is 0.0443 e. The lowest BCUT2D eigenvalue weighted by Gasteiger charge is -2.38. The molecule has 0 N–H and O–H groups in total. The second-order valence-corrected chi connectivity index (χ2v) is 5.71. The molecule has 64 valence electrons. The van der Waals surface area contributed by atoms with Gasteiger partial charge in [-0.1, -0.05) is 20.8 Å². The molecule has 0 saturated heterocycles. The van der Waals surface area contributed by atoms with Gasteiger partial charge in [-0.15, -0.1) is 11.6 Å². The first-order chi connectivity index (χ1) is 4.97. The van der Waals surface area contributed by atoms with Crippen molar-refractivity contribution in [2.24, 2.45) is 16.7 Å². The van der Waals surface area contributed by atoms with Crippen molar-refractivity contribution in [2.75, 3.05) is 0 Å². The van der Waals surface area contributed by atoms with Crippen molar-refractivity contribution in [1.29, 1.82) is 0 Å². The van der Waals surface area contributed by atoms with Crippen molar-refractivity contribution in [2.45, 2.75) is 45.4 Å². The Morgan fingerprint density at radius 3 is 2.18 bits per heavy atom. The van der Waals surface area contributed by atoms with Crippen molar-refractivity contribution < 1.29 is 0 Å². The Morgan fingerprint density at radius 2 is 1.91 bits per heavy atom. The van der Waals surface area contributed by atoms with Crippen LogP contribution in [0.15, 0.2) is 0 Å². The molecule has 2 unspecified atom stereocenters. The van der Waals surface area contributed by atoms with Crippen LogP contribution in [0, 0.1) is 16.7 Å². The first kappa shape index (κ1) is 7.91. The van der Waals surface area contributed by atoms with Gasteiger partial charge in [0.2, 0.25) is 0 Å². The smallest absolute Gasteiger partial charge is 0.0443 e. The summed E-state index contributed by atoms with van der Waals surface area (Å²) in [5.41, 5.74) is 0.865. The SMILES string of the molecule is CC12CCC(C1)C(C)(C)[C@H]2Cl. The van der Waals surface area contributed by atoms with Crippen LogP contribution >= 0.6 is 11.6 Å². The van der Waals surface area contributed by atoms with Crippen LogP contribution in [-0.2, 0) is 0 Å². The largest absolute Gasteiger partial charge is 0.122 e. The van der Waals surface area contributed by atoms with Gasteiger partial charge in [-0.2, -0.15) is 0 Å². The summed E-state index contributed by atoms with van der Waals surface area (Å²) in [5.74, 6) is 0.898. The van der Waals surface area contributed by atoms with Crippen LogP contribution in [0.5, 0.6) is 0 Å². The second-order valence-electron chi connectivity index (χ2n) is 5.28. The van der Waals surface area contributed by atoms with Gasteiger partial charge in [-0.3, -0.25) is 0 Å². The van der Waals surface area contributed by atoms with Gasteiger partial charge in [-0.05, 0) is 36.0 Å². The quantitative estimate of drug-likeness (QED) is 0.491. The summed E-state index contributed by atoms with van der Waals surface area (Å²) in [6.07, 6.45) is 4.14. The van der Waals surface area contributed by atoms with Gasteiger partial charge in [0.1, 0.15) is 0 Å². The number of rotatable bonds is 0. The molecule has 11 heavy (non-hydrogen) atoms. The van der Waals surface area contributed by atoms with Crippen molar-refractivity contribution in [1.82, 2.24) is 0 Å². The van der Waals surface area contributed by atoms with E-state index in [1.165, 1.54) is 19.3 Å². The average molecular weight is 173 g/mol. The van der Waals surface area contributed by atoms with E-state index in [0.29, 0.717) is 16.2 Å². The summed E-state index contributed by atoms with van der Waals surface area (Å²) in [4.78, 5) is 0. The molecule has 0 aromatic rings. The van der Waals surface area contributed by atoms with Gasteiger partial charge in [0.15, 0.2) is 0 Å². The molecule has 2 aliphatic carbocycles. The molecule has 2 aliphatic rings. The maximum atomic E-state index is 6.44. The predicted molar refractivity (Wildman–Crippen MR) is 48.9 cm³/mol. The van der Waals surface area contributed by atoms with Crippen LogP contribution in [0.4, 0.5) is 0 Å². The molecule has 0 heterocycles. The highest BCUT2D eigenvalue weighted by atomic mass is 35.5. The van der Waals surface area contributed by atoms with Crippen molar-refractivity contribution in [3.63, 3.8) is 0 Å². The Labute approximate surface area is 74.3 Å². The van der Waals surface area contributed by atoms with E-state index in [2.05, 4.69) is 20.8 Å². The Kier molecular flexibility index (Phi) is 1.41. The Hall–Kier alpha value is 0.290. The summed E-state index contributed by atoms with van der Waals surface area (Å²) in [5, 5.41) is 0.411. The van der Waals surface area contributed by atoms with E-state index in [1.807, 2.05) is 0 Å². The van der Waals surface area contributed by atoms with Gasteiger partial charge in [0, 0.05) is 5.38 Å². The second kappa shape index (κ2) is 1.96. The third-order valence-corrected chi connectivity index (χ3v) is 5.18. The van der Waals surface area contributed by atoms with Gasteiger partial charge >= 0.3 is 0 Å². The van der Waals surface area contributed by atoms with Crippen LogP contribution in [-0.4, -0.2) is 5.38 Å². The Bertz CT molecular complexity index is 181.